The highest BCUT2D eigenvalue weighted by Gasteiger charge is 2.34. The van der Waals surface area contributed by atoms with Crippen LogP contribution in [0.25, 0.3) is 0 Å². The number of hydrogen-bond donors (Lipinski definition) is 2. The zero-order valence-corrected chi connectivity index (χ0v) is 11.7. The molecule has 2 fully saturated rings. The molecule has 0 aromatic heterocycles. The summed E-state index contributed by atoms with van der Waals surface area (Å²) in [5.41, 5.74) is 0.736. The zero-order valence-electron chi connectivity index (χ0n) is 11.7. The van der Waals surface area contributed by atoms with Crippen molar-refractivity contribution >= 4 is 5.91 Å². The number of piperidine rings is 1. The van der Waals surface area contributed by atoms with Crippen LogP contribution in [-0.2, 0) is 4.79 Å². The number of carbonyl (C=O) groups excluding carboxylic acids is 1. The zero-order chi connectivity index (χ0) is 14.1. The molecule has 2 bridgehead atoms. The number of carbonyl (C=O) groups is 1. The molecule has 2 aliphatic heterocycles. The lowest BCUT2D eigenvalue weighted by molar-refractivity contribution is -0.123. The third-order valence-corrected chi connectivity index (χ3v) is 4.56. The van der Waals surface area contributed by atoms with E-state index in [1.807, 2.05) is 6.92 Å². The van der Waals surface area contributed by atoms with E-state index in [9.17, 15) is 9.18 Å². The van der Waals surface area contributed by atoms with Gasteiger partial charge in [-0.15, -0.1) is 0 Å². The summed E-state index contributed by atoms with van der Waals surface area (Å²) >= 11 is 0. The van der Waals surface area contributed by atoms with Crippen LogP contribution in [0.2, 0.25) is 0 Å². The second kappa shape index (κ2) is 5.52. The molecular formula is C16H21FN2O. The Morgan fingerprint density at radius 3 is 2.70 bits per heavy atom. The number of halogens is 1. The van der Waals surface area contributed by atoms with Gasteiger partial charge in [0.2, 0.25) is 5.91 Å². The number of hydrogen-bond acceptors (Lipinski definition) is 2. The van der Waals surface area contributed by atoms with E-state index in [-0.39, 0.29) is 23.7 Å². The Hall–Kier alpha value is -1.42. The predicted octanol–water partition coefficient (Wildman–Crippen LogP) is 2.33. The van der Waals surface area contributed by atoms with Crippen LogP contribution in [0, 0.1) is 5.82 Å². The van der Waals surface area contributed by atoms with Crippen molar-refractivity contribution in [3.05, 3.63) is 35.6 Å². The fourth-order valence-corrected chi connectivity index (χ4v) is 3.43. The lowest BCUT2D eigenvalue weighted by Crippen LogP contribution is -2.48. The van der Waals surface area contributed by atoms with Gasteiger partial charge in [-0.2, -0.15) is 0 Å². The maximum Gasteiger partial charge on any atom is 0.227 e. The minimum Gasteiger partial charge on any atom is -0.353 e. The maximum absolute atomic E-state index is 13.2. The van der Waals surface area contributed by atoms with Crippen LogP contribution in [0.5, 0.6) is 0 Å². The first-order chi connectivity index (χ1) is 9.61. The van der Waals surface area contributed by atoms with E-state index in [4.69, 9.17) is 0 Å². The standard InChI is InChI=1S/C16H21FN2O/c1-10(11-3-2-4-12(17)7-11)16(20)19-15-8-13-5-6-14(9-15)18-13/h2-4,7,10,13-15,18H,5-6,8-9H2,1H3,(H,19,20). The summed E-state index contributed by atoms with van der Waals surface area (Å²) in [5.74, 6) is -0.595. The summed E-state index contributed by atoms with van der Waals surface area (Å²) in [7, 11) is 0. The lowest BCUT2D eigenvalue weighted by Gasteiger charge is -2.30. The van der Waals surface area contributed by atoms with Crippen LogP contribution in [0.1, 0.15) is 44.1 Å². The minimum absolute atomic E-state index is 0.00176. The predicted molar refractivity (Wildman–Crippen MR) is 75.9 cm³/mol. The fraction of sp³-hybridized carbons (Fsp3) is 0.562. The van der Waals surface area contributed by atoms with Crippen molar-refractivity contribution in [2.75, 3.05) is 0 Å². The first kappa shape index (κ1) is 13.6. The molecule has 1 aromatic rings. The molecule has 108 valence electrons. The van der Waals surface area contributed by atoms with Crippen molar-refractivity contribution < 1.29 is 9.18 Å². The first-order valence-corrected chi connectivity index (χ1v) is 7.43. The van der Waals surface area contributed by atoms with Gasteiger partial charge < -0.3 is 10.6 Å². The first-order valence-electron chi connectivity index (χ1n) is 7.43. The van der Waals surface area contributed by atoms with Crippen LogP contribution in [0.4, 0.5) is 4.39 Å². The van der Waals surface area contributed by atoms with Crippen LogP contribution in [0.3, 0.4) is 0 Å². The van der Waals surface area contributed by atoms with E-state index in [1.165, 1.54) is 25.0 Å². The van der Waals surface area contributed by atoms with Gasteiger partial charge in [0.1, 0.15) is 5.82 Å². The van der Waals surface area contributed by atoms with E-state index >= 15 is 0 Å². The molecule has 0 spiro atoms. The Kier molecular flexibility index (Phi) is 3.74. The monoisotopic (exact) mass is 276 g/mol. The third kappa shape index (κ3) is 2.85. The summed E-state index contributed by atoms with van der Waals surface area (Å²) in [4.78, 5) is 12.3. The summed E-state index contributed by atoms with van der Waals surface area (Å²) in [6.07, 6.45) is 4.46. The normalized spacial score (nSPS) is 30.0. The highest BCUT2D eigenvalue weighted by Crippen LogP contribution is 2.27. The number of rotatable bonds is 3. The maximum atomic E-state index is 13.2. The van der Waals surface area contributed by atoms with Crippen LogP contribution < -0.4 is 10.6 Å². The molecule has 3 rings (SSSR count). The van der Waals surface area contributed by atoms with E-state index in [0.717, 1.165) is 18.4 Å². The number of nitrogens with one attached hydrogen (secondary N) is 2. The van der Waals surface area contributed by atoms with E-state index in [0.29, 0.717) is 12.1 Å². The molecule has 4 heteroatoms. The number of amides is 1. The van der Waals surface area contributed by atoms with Crippen molar-refractivity contribution in [3.8, 4) is 0 Å². The molecule has 2 saturated heterocycles. The van der Waals surface area contributed by atoms with Crippen molar-refractivity contribution in [3.63, 3.8) is 0 Å². The third-order valence-electron chi connectivity index (χ3n) is 4.56. The van der Waals surface area contributed by atoms with E-state index in [2.05, 4.69) is 10.6 Å². The van der Waals surface area contributed by atoms with Crippen LogP contribution >= 0.6 is 0 Å². The summed E-state index contributed by atoms with van der Waals surface area (Å²) in [6.45, 7) is 1.83. The van der Waals surface area contributed by atoms with Gasteiger partial charge in [-0.25, -0.2) is 4.39 Å². The highest BCUT2D eigenvalue weighted by atomic mass is 19.1. The summed E-state index contributed by atoms with van der Waals surface area (Å²) < 4.78 is 13.2. The van der Waals surface area contributed by atoms with Crippen molar-refractivity contribution in [2.24, 2.45) is 0 Å². The highest BCUT2D eigenvalue weighted by molar-refractivity contribution is 5.83. The summed E-state index contributed by atoms with van der Waals surface area (Å²) in [6, 6.07) is 7.68. The average molecular weight is 276 g/mol. The molecule has 3 atom stereocenters. The number of benzene rings is 1. The molecule has 3 nitrogen and oxygen atoms in total. The Morgan fingerprint density at radius 1 is 1.35 bits per heavy atom. The Labute approximate surface area is 118 Å². The molecule has 2 aliphatic rings. The Balaban J connectivity index is 1.61. The molecular weight excluding hydrogens is 255 g/mol. The van der Waals surface area contributed by atoms with Gasteiger partial charge in [-0.3, -0.25) is 4.79 Å². The molecule has 2 N–H and O–H groups in total. The van der Waals surface area contributed by atoms with Crippen LogP contribution in [0.15, 0.2) is 24.3 Å². The largest absolute Gasteiger partial charge is 0.353 e. The molecule has 20 heavy (non-hydrogen) atoms. The van der Waals surface area contributed by atoms with E-state index < -0.39 is 0 Å². The van der Waals surface area contributed by atoms with Gasteiger partial charge >= 0.3 is 0 Å². The van der Waals surface area contributed by atoms with Gasteiger partial charge in [0, 0.05) is 18.1 Å². The van der Waals surface area contributed by atoms with Gasteiger partial charge in [-0.1, -0.05) is 12.1 Å². The molecule has 3 unspecified atom stereocenters. The minimum atomic E-state index is -0.307. The molecule has 0 saturated carbocycles. The van der Waals surface area contributed by atoms with Crippen LogP contribution in [-0.4, -0.2) is 24.0 Å². The van der Waals surface area contributed by atoms with Crippen molar-refractivity contribution in [2.45, 2.75) is 56.7 Å². The molecule has 1 amide bonds. The molecule has 0 radical (unpaired) electrons. The smallest absolute Gasteiger partial charge is 0.227 e. The fourth-order valence-electron chi connectivity index (χ4n) is 3.43. The quantitative estimate of drug-likeness (QED) is 0.889. The average Bonchev–Trinajstić information content (AvgIpc) is 2.77. The van der Waals surface area contributed by atoms with Gasteiger partial charge in [-0.05, 0) is 50.3 Å². The van der Waals surface area contributed by atoms with Gasteiger partial charge in [0.05, 0.1) is 5.92 Å². The number of fused-ring (bicyclic) bond motifs is 2. The molecule has 0 aliphatic carbocycles. The van der Waals surface area contributed by atoms with Gasteiger partial charge in [0.25, 0.3) is 0 Å². The second-order valence-electron chi connectivity index (χ2n) is 6.09. The molecule has 1 aromatic carbocycles. The van der Waals surface area contributed by atoms with E-state index in [1.54, 1.807) is 12.1 Å². The summed E-state index contributed by atoms with van der Waals surface area (Å²) in [5, 5.41) is 6.70. The lowest BCUT2D eigenvalue weighted by atomic mass is 9.96. The second-order valence-corrected chi connectivity index (χ2v) is 6.09. The SMILES string of the molecule is CC(C(=O)NC1CC2CCC(C1)N2)c1cccc(F)c1. The van der Waals surface area contributed by atoms with Crippen molar-refractivity contribution in [1.29, 1.82) is 0 Å². The Bertz CT molecular complexity index is 493. The molecule has 2 heterocycles. The van der Waals surface area contributed by atoms with Gasteiger partial charge in [0.15, 0.2) is 0 Å². The Morgan fingerprint density at radius 2 is 2.05 bits per heavy atom. The topological polar surface area (TPSA) is 41.1 Å². The van der Waals surface area contributed by atoms with Crippen molar-refractivity contribution in [1.82, 2.24) is 10.6 Å².